The third kappa shape index (κ3) is 2.99. The molecule has 1 aliphatic rings. The van der Waals surface area contributed by atoms with Crippen molar-refractivity contribution in [3.05, 3.63) is 54.2 Å². The minimum atomic E-state index is -3.66. The van der Waals surface area contributed by atoms with Gasteiger partial charge in [0.1, 0.15) is 0 Å². The minimum absolute atomic E-state index is 0.263. The lowest BCUT2D eigenvalue weighted by Crippen LogP contribution is -2.48. The number of hydrogen-bond donors (Lipinski definition) is 2. The number of carboxylic acid groups (broad SMARTS) is 1. The summed E-state index contributed by atoms with van der Waals surface area (Å²) < 4.78 is 26.5. The van der Waals surface area contributed by atoms with Crippen molar-refractivity contribution in [3.63, 3.8) is 0 Å². The van der Waals surface area contributed by atoms with Crippen molar-refractivity contribution in [2.24, 2.45) is 0 Å². The molecule has 2 N–H and O–H groups in total. The number of rotatable bonds is 3. The predicted molar refractivity (Wildman–Crippen MR) is 107 cm³/mol. The summed E-state index contributed by atoms with van der Waals surface area (Å²) in [5.74, 6) is 0. The summed E-state index contributed by atoms with van der Waals surface area (Å²) >= 11 is 0. The Morgan fingerprint density at radius 1 is 1.00 bits per heavy atom. The summed E-state index contributed by atoms with van der Waals surface area (Å²) in [5, 5.41) is 9.79. The minimum Gasteiger partial charge on any atom is -0.465 e. The number of nitrogens with one attached hydrogen (secondary N) is 1. The van der Waals surface area contributed by atoms with Gasteiger partial charge < -0.3 is 19.9 Å². The first-order chi connectivity index (χ1) is 13.4. The number of benzene rings is 2. The molecule has 1 saturated heterocycles. The van der Waals surface area contributed by atoms with E-state index in [1.807, 2.05) is 18.2 Å². The fourth-order valence-electron chi connectivity index (χ4n) is 3.77. The van der Waals surface area contributed by atoms with Crippen LogP contribution < -0.4 is 4.90 Å². The number of hydrogen-bond acceptors (Lipinski definition) is 4. The van der Waals surface area contributed by atoms with Gasteiger partial charge in [-0.05, 0) is 25.1 Å². The second-order valence-electron chi connectivity index (χ2n) is 6.85. The molecule has 2 aromatic carbocycles. The van der Waals surface area contributed by atoms with E-state index in [-0.39, 0.29) is 4.90 Å². The third-order valence-electron chi connectivity index (χ3n) is 5.15. The first kappa shape index (κ1) is 18.4. The highest BCUT2D eigenvalue weighted by molar-refractivity contribution is 7.91. The van der Waals surface area contributed by atoms with Crippen molar-refractivity contribution in [2.75, 3.05) is 31.1 Å². The van der Waals surface area contributed by atoms with Crippen molar-refractivity contribution >= 4 is 32.5 Å². The monoisotopic (exact) mass is 399 g/mol. The number of aromatic amines is 1. The van der Waals surface area contributed by atoms with Gasteiger partial charge >= 0.3 is 6.09 Å². The first-order valence-corrected chi connectivity index (χ1v) is 10.5. The standard InChI is InChI=1S/C20H21N3O4S/c1-14-19(28(26,27)15-6-3-2-4-7-15)16-8-5-9-17(18(16)21-14)22-10-12-23(13-11-22)20(24)25/h2-9,21H,10-13H2,1H3,(H,24,25). The van der Waals surface area contributed by atoms with Crippen LogP contribution >= 0.6 is 0 Å². The SMILES string of the molecule is Cc1[nH]c2c(N3CCN(C(=O)O)CC3)cccc2c1S(=O)(=O)c1ccccc1. The molecule has 2 heterocycles. The second-order valence-corrected chi connectivity index (χ2v) is 8.74. The van der Waals surface area contributed by atoms with E-state index in [9.17, 15) is 13.2 Å². The molecule has 0 radical (unpaired) electrons. The van der Waals surface area contributed by atoms with Crippen LogP contribution in [-0.4, -0.2) is 55.7 Å². The summed E-state index contributed by atoms with van der Waals surface area (Å²) in [7, 11) is -3.66. The zero-order valence-electron chi connectivity index (χ0n) is 15.4. The fourth-order valence-corrected chi connectivity index (χ4v) is 5.44. The number of H-pyrrole nitrogens is 1. The van der Waals surface area contributed by atoms with Crippen molar-refractivity contribution in [2.45, 2.75) is 16.7 Å². The predicted octanol–water partition coefficient (Wildman–Crippen LogP) is 3.11. The Morgan fingerprint density at radius 2 is 1.68 bits per heavy atom. The molecule has 0 atom stereocenters. The van der Waals surface area contributed by atoms with Crippen LogP contribution in [0.5, 0.6) is 0 Å². The molecule has 8 heteroatoms. The number of amides is 1. The summed E-state index contributed by atoms with van der Waals surface area (Å²) in [6, 6.07) is 14.0. The molecule has 4 rings (SSSR count). The molecule has 3 aromatic rings. The van der Waals surface area contributed by atoms with Crippen molar-refractivity contribution in [3.8, 4) is 0 Å². The Labute approximate surface area is 163 Å². The molecular weight excluding hydrogens is 378 g/mol. The van der Waals surface area contributed by atoms with Crippen molar-refractivity contribution in [1.82, 2.24) is 9.88 Å². The van der Waals surface area contributed by atoms with Gasteiger partial charge in [0.05, 0.1) is 21.0 Å². The Kier molecular flexibility index (Phi) is 4.50. The highest BCUT2D eigenvalue weighted by Crippen LogP contribution is 2.36. The van der Waals surface area contributed by atoms with E-state index >= 15 is 0 Å². The molecule has 1 fully saturated rings. The Balaban J connectivity index is 1.78. The normalized spacial score (nSPS) is 15.2. The van der Waals surface area contributed by atoms with Crippen LogP contribution in [0.4, 0.5) is 10.5 Å². The molecule has 146 valence electrons. The number of anilines is 1. The number of para-hydroxylation sites is 1. The molecule has 7 nitrogen and oxygen atoms in total. The van der Waals surface area contributed by atoms with E-state index in [1.165, 1.54) is 4.90 Å². The zero-order valence-corrected chi connectivity index (χ0v) is 16.2. The zero-order chi connectivity index (χ0) is 19.9. The Hall–Kier alpha value is -3.00. The lowest BCUT2D eigenvalue weighted by atomic mass is 10.2. The number of nitrogens with zero attached hydrogens (tertiary/aromatic N) is 2. The van der Waals surface area contributed by atoms with Gasteiger partial charge in [0, 0.05) is 37.3 Å². The van der Waals surface area contributed by atoms with Gasteiger partial charge in [0.2, 0.25) is 9.84 Å². The lowest BCUT2D eigenvalue weighted by molar-refractivity contribution is 0.142. The topological polar surface area (TPSA) is 93.7 Å². The first-order valence-electron chi connectivity index (χ1n) is 9.04. The van der Waals surface area contributed by atoms with Gasteiger partial charge in [0.25, 0.3) is 0 Å². The molecule has 0 unspecified atom stereocenters. The van der Waals surface area contributed by atoms with E-state index in [0.717, 1.165) is 11.2 Å². The largest absolute Gasteiger partial charge is 0.465 e. The number of carbonyl (C=O) groups is 1. The number of aryl methyl sites for hydroxylation is 1. The van der Waals surface area contributed by atoms with E-state index < -0.39 is 15.9 Å². The molecule has 0 bridgehead atoms. The molecule has 28 heavy (non-hydrogen) atoms. The molecule has 0 spiro atoms. The summed E-state index contributed by atoms with van der Waals surface area (Å²) in [6.07, 6.45) is -0.912. The molecule has 1 amide bonds. The van der Waals surface area contributed by atoms with E-state index in [1.54, 1.807) is 37.3 Å². The highest BCUT2D eigenvalue weighted by Gasteiger charge is 2.27. The van der Waals surface area contributed by atoms with Gasteiger partial charge in [-0.15, -0.1) is 0 Å². The molecule has 0 saturated carbocycles. The van der Waals surface area contributed by atoms with Gasteiger partial charge in [-0.1, -0.05) is 30.3 Å². The maximum atomic E-state index is 13.2. The summed E-state index contributed by atoms with van der Waals surface area (Å²) in [4.78, 5) is 18.4. The second kappa shape index (κ2) is 6.87. The molecule has 0 aliphatic carbocycles. The highest BCUT2D eigenvalue weighted by atomic mass is 32.2. The van der Waals surface area contributed by atoms with Gasteiger partial charge in [0.15, 0.2) is 0 Å². The number of aromatic nitrogens is 1. The average molecular weight is 399 g/mol. The average Bonchev–Trinajstić information content (AvgIpc) is 3.05. The maximum absolute atomic E-state index is 13.2. The molecule has 1 aliphatic heterocycles. The molecule has 1 aromatic heterocycles. The van der Waals surface area contributed by atoms with Crippen LogP contribution in [-0.2, 0) is 9.84 Å². The number of piperazine rings is 1. The molecular formula is C20H21N3O4S. The maximum Gasteiger partial charge on any atom is 0.407 e. The van der Waals surface area contributed by atoms with E-state index in [4.69, 9.17) is 5.11 Å². The Morgan fingerprint density at radius 3 is 2.32 bits per heavy atom. The fraction of sp³-hybridized carbons (Fsp3) is 0.250. The third-order valence-corrected chi connectivity index (χ3v) is 7.11. The van der Waals surface area contributed by atoms with E-state index in [0.29, 0.717) is 42.2 Å². The lowest BCUT2D eigenvalue weighted by Gasteiger charge is -2.34. The van der Waals surface area contributed by atoms with Crippen LogP contribution in [0.2, 0.25) is 0 Å². The van der Waals surface area contributed by atoms with Crippen molar-refractivity contribution in [1.29, 1.82) is 0 Å². The van der Waals surface area contributed by atoms with Crippen LogP contribution in [0.25, 0.3) is 10.9 Å². The van der Waals surface area contributed by atoms with E-state index in [2.05, 4.69) is 9.88 Å². The summed E-state index contributed by atoms with van der Waals surface area (Å²) in [6.45, 7) is 3.72. The van der Waals surface area contributed by atoms with Crippen molar-refractivity contribution < 1.29 is 18.3 Å². The van der Waals surface area contributed by atoms with Gasteiger partial charge in [-0.2, -0.15) is 0 Å². The summed E-state index contributed by atoms with van der Waals surface area (Å²) in [5.41, 5.74) is 2.24. The van der Waals surface area contributed by atoms with Gasteiger partial charge in [-0.3, -0.25) is 0 Å². The smallest absolute Gasteiger partial charge is 0.407 e. The van der Waals surface area contributed by atoms with Crippen LogP contribution in [0.3, 0.4) is 0 Å². The van der Waals surface area contributed by atoms with Gasteiger partial charge in [-0.25, -0.2) is 13.2 Å². The Bertz CT molecular complexity index is 1130. The quantitative estimate of drug-likeness (QED) is 0.706. The number of fused-ring (bicyclic) bond motifs is 1. The van der Waals surface area contributed by atoms with Crippen LogP contribution in [0.1, 0.15) is 5.69 Å². The van der Waals surface area contributed by atoms with Crippen LogP contribution in [0, 0.1) is 6.92 Å². The number of sulfone groups is 1. The van der Waals surface area contributed by atoms with Crippen LogP contribution in [0.15, 0.2) is 58.3 Å².